The van der Waals surface area contributed by atoms with Crippen LogP contribution < -0.4 is 0 Å². The van der Waals surface area contributed by atoms with Gasteiger partial charge in [-0.25, -0.2) is 4.79 Å². The van der Waals surface area contributed by atoms with Gasteiger partial charge < -0.3 is 9.84 Å². The number of aliphatic hydroxyl groups is 1. The van der Waals surface area contributed by atoms with E-state index in [1.807, 2.05) is 32.0 Å². The third kappa shape index (κ3) is 2.83. The van der Waals surface area contributed by atoms with Gasteiger partial charge in [0, 0.05) is 0 Å². The lowest BCUT2D eigenvalue weighted by atomic mass is 9.98. The molecule has 3 nitrogen and oxygen atoms in total. The minimum absolute atomic E-state index is 0.281. The highest BCUT2D eigenvalue weighted by atomic mass is 16.5. The van der Waals surface area contributed by atoms with Crippen LogP contribution in [0.2, 0.25) is 0 Å². The molecule has 0 fully saturated rings. The smallest absolute Gasteiger partial charge is 0.339 e. The Balaban J connectivity index is 3.01. The number of benzene rings is 1. The lowest BCUT2D eigenvalue weighted by Gasteiger charge is -2.14. The van der Waals surface area contributed by atoms with E-state index in [0.29, 0.717) is 5.56 Å². The van der Waals surface area contributed by atoms with Crippen molar-refractivity contribution in [3.63, 3.8) is 0 Å². The number of carbonyl (C=O) groups excluding carboxylic acids is 1. The van der Waals surface area contributed by atoms with Crippen molar-refractivity contribution < 1.29 is 14.6 Å². The maximum Gasteiger partial charge on any atom is 0.339 e. The van der Waals surface area contributed by atoms with Gasteiger partial charge in [-0.1, -0.05) is 30.7 Å². The fourth-order valence-corrected chi connectivity index (χ4v) is 1.64. The largest absolute Gasteiger partial charge is 0.464 e. The Hall–Kier alpha value is -1.35. The summed E-state index contributed by atoms with van der Waals surface area (Å²) in [6, 6.07) is 5.74. The van der Waals surface area contributed by atoms with E-state index in [9.17, 15) is 9.90 Å². The minimum Gasteiger partial charge on any atom is -0.464 e. The van der Waals surface area contributed by atoms with Gasteiger partial charge in [0.05, 0.1) is 6.61 Å². The molecule has 0 saturated heterocycles. The van der Waals surface area contributed by atoms with Gasteiger partial charge >= 0.3 is 5.97 Å². The zero-order valence-electron chi connectivity index (χ0n) is 9.99. The van der Waals surface area contributed by atoms with Crippen LogP contribution in [-0.4, -0.2) is 17.7 Å². The third-order valence-electron chi connectivity index (χ3n) is 2.49. The number of rotatable bonds is 4. The highest BCUT2D eigenvalue weighted by Crippen LogP contribution is 2.21. The molecule has 88 valence electrons. The molecule has 0 bridgehead atoms. The molecule has 1 aromatic rings. The molecule has 16 heavy (non-hydrogen) atoms. The molecule has 3 heteroatoms. The van der Waals surface area contributed by atoms with E-state index < -0.39 is 12.1 Å². The highest BCUT2D eigenvalue weighted by molar-refractivity contribution is 5.76. The minimum atomic E-state index is -1.17. The van der Waals surface area contributed by atoms with Gasteiger partial charge in [-0.3, -0.25) is 0 Å². The standard InChI is InChI=1S/C13H18O3/c1-4-10-7-6-9(3)8-11(10)12(14)13(15)16-5-2/h6-8,12,14H,4-5H2,1-3H3. The first-order valence-corrected chi connectivity index (χ1v) is 5.54. The van der Waals surface area contributed by atoms with Crippen LogP contribution in [0.5, 0.6) is 0 Å². The zero-order valence-corrected chi connectivity index (χ0v) is 9.99. The summed E-state index contributed by atoms with van der Waals surface area (Å²) in [5, 5.41) is 9.88. The molecule has 0 heterocycles. The second-order valence-corrected chi connectivity index (χ2v) is 3.71. The summed E-state index contributed by atoms with van der Waals surface area (Å²) in [7, 11) is 0. The van der Waals surface area contributed by atoms with Gasteiger partial charge in [-0.2, -0.15) is 0 Å². The Morgan fingerprint density at radius 2 is 2.12 bits per heavy atom. The maximum atomic E-state index is 11.5. The van der Waals surface area contributed by atoms with Crippen LogP contribution in [0.3, 0.4) is 0 Å². The van der Waals surface area contributed by atoms with Crippen LogP contribution in [0.1, 0.15) is 36.6 Å². The van der Waals surface area contributed by atoms with Gasteiger partial charge in [-0.05, 0) is 31.4 Å². The van der Waals surface area contributed by atoms with Crippen LogP contribution in [0.4, 0.5) is 0 Å². The molecule has 0 radical (unpaired) electrons. The highest BCUT2D eigenvalue weighted by Gasteiger charge is 2.20. The fraction of sp³-hybridized carbons (Fsp3) is 0.462. The van der Waals surface area contributed by atoms with Gasteiger partial charge in [0.1, 0.15) is 0 Å². The van der Waals surface area contributed by atoms with Gasteiger partial charge in [0.15, 0.2) is 6.10 Å². The molecule has 1 rings (SSSR count). The second-order valence-electron chi connectivity index (χ2n) is 3.71. The van der Waals surface area contributed by atoms with Crippen molar-refractivity contribution in [1.29, 1.82) is 0 Å². The Labute approximate surface area is 96.1 Å². The second kappa shape index (κ2) is 5.66. The lowest BCUT2D eigenvalue weighted by molar-refractivity contribution is -0.153. The molecule has 1 aromatic carbocycles. The first kappa shape index (κ1) is 12.7. The molecule has 0 aliphatic heterocycles. The Morgan fingerprint density at radius 1 is 1.44 bits per heavy atom. The normalized spacial score (nSPS) is 12.2. The van der Waals surface area contributed by atoms with Crippen molar-refractivity contribution in [3.05, 3.63) is 34.9 Å². The topological polar surface area (TPSA) is 46.5 Å². The van der Waals surface area contributed by atoms with Crippen LogP contribution in [0, 0.1) is 6.92 Å². The quantitative estimate of drug-likeness (QED) is 0.794. The molecular weight excluding hydrogens is 204 g/mol. The number of hydrogen-bond donors (Lipinski definition) is 1. The molecule has 0 aromatic heterocycles. The fourth-order valence-electron chi connectivity index (χ4n) is 1.64. The van der Waals surface area contributed by atoms with Crippen LogP contribution in [0.15, 0.2) is 18.2 Å². The number of aliphatic hydroxyl groups excluding tert-OH is 1. The molecule has 0 aliphatic rings. The van der Waals surface area contributed by atoms with Crippen molar-refractivity contribution in [3.8, 4) is 0 Å². The van der Waals surface area contributed by atoms with E-state index in [4.69, 9.17) is 4.74 Å². The van der Waals surface area contributed by atoms with E-state index >= 15 is 0 Å². The van der Waals surface area contributed by atoms with Gasteiger partial charge in [-0.15, -0.1) is 0 Å². The number of carbonyl (C=O) groups is 1. The van der Waals surface area contributed by atoms with E-state index in [0.717, 1.165) is 17.5 Å². The predicted molar refractivity (Wildman–Crippen MR) is 62.1 cm³/mol. The molecular formula is C13H18O3. The first-order chi connectivity index (χ1) is 7.60. The zero-order chi connectivity index (χ0) is 12.1. The molecule has 0 spiro atoms. The van der Waals surface area contributed by atoms with Crippen molar-refractivity contribution in [2.24, 2.45) is 0 Å². The predicted octanol–water partition coefficient (Wildman–Crippen LogP) is 2.15. The van der Waals surface area contributed by atoms with Crippen molar-refractivity contribution in [2.45, 2.75) is 33.3 Å². The molecule has 0 saturated carbocycles. The van der Waals surface area contributed by atoms with E-state index in [2.05, 4.69) is 0 Å². The van der Waals surface area contributed by atoms with Crippen molar-refractivity contribution >= 4 is 5.97 Å². The molecule has 1 unspecified atom stereocenters. The Kier molecular flexibility index (Phi) is 4.50. The van der Waals surface area contributed by atoms with Gasteiger partial charge in [0.2, 0.25) is 0 Å². The van der Waals surface area contributed by atoms with Gasteiger partial charge in [0.25, 0.3) is 0 Å². The molecule has 0 aliphatic carbocycles. The van der Waals surface area contributed by atoms with Crippen LogP contribution >= 0.6 is 0 Å². The van der Waals surface area contributed by atoms with Crippen LogP contribution in [0.25, 0.3) is 0 Å². The third-order valence-corrected chi connectivity index (χ3v) is 2.49. The average molecular weight is 222 g/mol. The van der Waals surface area contributed by atoms with Crippen molar-refractivity contribution in [1.82, 2.24) is 0 Å². The summed E-state index contributed by atoms with van der Waals surface area (Å²) in [6.45, 7) is 5.93. The Bertz CT molecular complexity index is 371. The summed E-state index contributed by atoms with van der Waals surface area (Å²) in [6.07, 6.45) is -0.388. The summed E-state index contributed by atoms with van der Waals surface area (Å²) in [4.78, 5) is 11.5. The Morgan fingerprint density at radius 3 is 2.69 bits per heavy atom. The van der Waals surface area contributed by atoms with E-state index in [1.54, 1.807) is 6.92 Å². The van der Waals surface area contributed by atoms with E-state index in [-0.39, 0.29) is 6.61 Å². The molecule has 1 N–H and O–H groups in total. The number of esters is 1. The monoisotopic (exact) mass is 222 g/mol. The average Bonchev–Trinajstić information content (AvgIpc) is 2.28. The number of aryl methyl sites for hydroxylation is 2. The first-order valence-electron chi connectivity index (χ1n) is 5.54. The summed E-state index contributed by atoms with van der Waals surface area (Å²) >= 11 is 0. The van der Waals surface area contributed by atoms with Crippen molar-refractivity contribution in [2.75, 3.05) is 6.61 Å². The number of hydrogen-bond acceptors (Lipinski definition) is 3. The molecule has 1 atom stereocenters. The van der Waals surface area contributed by atoms with E-state index in [1.165, 1.54) is 0 Å². The maximum absolute atomic E-state index is 11.5. The number of ether oxygens (including phenoxy) is 1. The SMILES string of the molecule is CCOC(=O)C(O)c1cc(C)ccc1CC. The summed E-state index contributed by atoms with van der Waals surface area (Å²) in [5.41, 5.74) is 2.66. The molecule has 0 amide bonds. The van der Waals surface area contributed by atoms with Crippen LogP contribution in [-0.2, 0) is 16.0 Å². The lowest BCUT2D eigenvalue weighted by Crippen LogP contribution is -2.17. The summed E-state index contributed by atoms with van der Waals surface area (Å²) < 4.78 is 4.81. The summed E-state index contributed by atoms with van der Waals surface area (Å²) in [5.74, 6) is -0.581.